The number of benzene rings is 2. The van der Waals surface area contributed by atoms with E-state index < -0.39 is 35.2 Å². The molecule has 0 saturated carbocycles. The van der Waals surface area contributed by atoms with Gasteiger partial charge in [-0.25, -0.2) is 22.2 Å². The molecule has 174 valence electrons. The molecule has 0 spiro atoms. The lowest BCUT2D eigenvalue weighted by Crippen LogP contribution is -2.39. The maximum atomic E-state index is 14.9. The Labute approximate surface area is 192 Å². The molecule has 1 atom stereocenters. The molecule has 2 aromatic carbocycles. The number of carbonyl (C=O) groups is 1. The summed E-state index contributed by atoms with van der Waals surface area (Å²) in [4.78, 5) is 15.0. The fourth-order valence-electron chi connectivity index (χ4n) is 4.55. The molecule has 5 rings (SSSR count). The van der Waals surface area contributed by atoms with E-state index in [0.717, 1.165) is 12.1 Å². The zero-order chi connectivity index (χ0) is 24.1. The van der Waals surface area contributed by atoms with Crippen LogP contribution in [0.2, 0.25) is 0 Å². The minimum atomic E-state index is -1.54. The number of hydrogen-bond acceptors (Lipinski definition) is 3. The van der Waals surface area contributed by atoms with E-state index in [-0.39, 0.29) is 17.7 Å². The molecular formula is C24H19F4N5O. The van der Waals surface area contributed by atoms with E-state index in [2.05, 4.69) is 10.2 Å². The third-order valence-electron chi connectivity index (χ3n) is 6.12. The van der Waals surface area contributed by atoms with Crippen molar-refractivity contribution in [2.45, 2.75) is 19.4 Å². The van der Waals surface area contributed by atoms with Crippen LogP contribution < -0.4 is 0 Å². The Morgan fingerprint density at radius 3 is 2.47 bits per heavy atom. The first-order valence-electron chi connectivity index (χ1n) is 10.6. The fourth-order valence-corrected chi connectivity index (χ4v) is 4.55. The van der Waals surface area contributed by atoms with Crippen LogP contribution in [0.15, 0.2) is 48.8 Å². The summed E-state index contributed by atoms with van der Waals surface area (Å²) in [5.41, 5.74) is 2.02. The van der Waals surface area contributed by atoms with E-state index in [9.17, 15) is 22.4 Å². The number of carbonyl (C=O) groups excluding carboxylic acids is 1. The Balaban J connectivity index is 1.54. The molecule has 3 heterocycles. The van der Waals surface area contributed by atoms with Gasteiger partial charge in [0, 0.05) is 37.1 Å². The number of halogens is 4. The van der Waals surface area contributed by atoms with E-state index in [0.29, 0.717) is 29.1 Å². The molecule has 1 aliphatic heterocycles. The Morgan fingerprint density at radius 1 is 1.06 bits per heavy atom. The normalized spacial score (nSPS) is 15.5. The zero-order valence-corrected chi connectivity index (χ0v) is 18.3. The largest absolute Gasteiger partial charge is 0.330 e. The summed E-state index contributed by atoms with van der Waals surface area (Å²) in [6, 6.07) is 7.31. The van der Waals surface area contributed by atoms with Crippen LogP contribution in [0, 0.1) is 23.3 Å². The van der Waals surface area contributed by atoms with Crippen molar-refractivity contribution in [1.29, 1.82) is 0 Å². The van der Waals surface area contributed by atoms with Crippen LogP contribution in [0.5, 0.6) is 0 Å². The summed E-state index contributed by atoms with van der Waals surface area (Å²) < 4.78 is 59.0. The summed E-state index contributed by atoms with van der Waals surface area (Å²) in [5, 5.41) is 8.60. The molecule has 0 fully saturated rings. The van der Waals surface area contributed by atoms with Gasteiger partial charge in [-0.3, -0.25) is 9.48 Å². The zero-order valence-electron chi connectivity index (χ0n) is 18.3. The summed E-state index contributed by atoms with van der Waals surface area (Å²) >= 11 is 0. The quantitative estimate of drug-likeness (QED) is 0.326. The van der Waals surface area contributed by atoms with Crippen molar-refractivity contribution in [3.05, 3.63) is 88.9 Å². The van der Waals surface area contributed by atoms with Crippen LogP contribution >= 0.6 is 0 Å². The number of amides is 1. The van der Waals surface area contributed by atoms with Crippen LogP contribution in [-0.2, 0) is 13.5 Å². The Bertz CT molecular complexity index is 1390. The maximum absolute atomic E-state index is 14.9. The number of rotatable bonds is 3. The predicted octanol–water partition coefficient (Wildman–Crippen LogP) is 4.59. The second-order valence-electron chi connectivity index (χ2n) is 8.10. The van der Waals surface area contributed by atoms with Gasteiger partial charge in [0.1, 0.15) is 11.4 Å². The van der Waals surface area contributed by atoms with Crippen LogP contribution in [0.3, 0.4) is 0 Å². The average molecular weight is 469 g/mol. The standard InChI is InChI=1S/C24H19F4N5O/c1-13-22-15(23(31(2)30-22)14-11-17(26)21(28)18(27)12-14)7-10-32(13)24(34)20-16(25)5-3-6-19(20)33-9-4-8-29-33/h3-6,8-9,11-13H,7,10H2,1-2H3/t13-/m0/s1. The Morgan fingerprint density at radius 2 is 1.79 bits per heavy atom. The van der Waals surface area contributed by atoms with Crippen molar-refractivity contribution in [3.8, 4) is 16.9 Å². The Kier molecular flexibility index (Phi) is 5.22. The number of nitrogens with zero attached hydrogens (tertiary/aromatic N) is 5. The van der Waals surface area contributed by atoms with Gasteiger partial charge >= 0.3 is 0 Å². The highest BCUT2D eigenvalue weighted by molar-refractivity contribution is 5.98. The first-order chi connectivity index (χ1) is 16.3. The van der Waals surface area contributed by atoms with Crippen molar-refractivity contribution in [2.24, 2.45) is 7.05 Å². The third kappa shape index (κ3) is 3.37. The smallest absolute Gasteiger partial charge is 0.259 e. The van der Waals surface area contributed by atoms with Gasteiger partial charge in [0.25, 0.3) is 5.91 Å². The molecule has 0 aliphatic carbocycles. The SMILES string of the molecule is C[C@H]1c2nn(C)c(-c3cc(F)c(F)c(F)c3)c2CCN1C(=O)c1c(F)cccc1-n1cccn1. The van der Waals surface area contributed by atoms with Crippen LogP contribution in [-0.4, -0.2) is 36.9 Å². The second kappa shape index (κ2) is 8.12. The van der Waals surface area contributed by atoms with Crippen LogP contribution in [0.25, 0.3) is 16.9 Å². The molecule has 4 aromatic rings. The average Bonchev–Trinajstić information content (AvgIpc) is 3.45. The third-order valence-corrected chi connectivity index (χ3v) is 6.12. The van der Waals surface area contributed by atoms with Crippen LogP contribution in [0.4, 0.5) is 17.6 Å². The molecule has 34 heavy (non-hydrogen) atoms. The number of aromatic nitrogens is 4. The number of hydrogen-bond donors (Lipinski definition) is 0. The van der Waals surface area contributed by atoms with Gasteiger partial charge in [0.05, 0.1) is 23.1 Å². The van der Waals surface area contributed by atoms with Crippen molar-refractivity contribution in [3.63, 3.8) is 0 Å². The van der Waals surface area contributed by atoms with Crippen LogP contribution in [0.1, 0.15) is 34.6 Å². The van der Waals surface area contributed by atoms with Gasteiger partial charge in [-0.05, 0) is 43.7 Å². The molecule has 6 nitrogen and oxygen atoms in total. The highest BCUT2D eigenvalue weighted by Crippen LogP contribution is 2.37. The van der Waals surface area contributed by atoms with Gasteiger partial charge in [0.15, 0.2) is 17.5 Å². The van der Waals surface area contributed by atoms with Gasteiger partial charge in [-0.15, -0.1) is 0 Å². The molecule has 10 heteroatoms. The number of fused-ring (bicyclic) bond motifs is 1. The van der Waals surface area contributed by atoms with E-state index >= 15 is 0 Å². The lowest BCUT2D eigenvalue weighted by atomic mass is 9.94. The molecule has 2 aromatic heterocycles. The molecular weight excluding hydrogens is 450 g/mol. The Hall–Kier alpha value is -3.95. The fraction of sp³-hybridized carbons (Fsp3) is 0.208. The minimum absolute atomic E-state index is 0.111. The van der Waals surface area contributed by atoms with Crippen molar-refractivity contribution < 1.29 is 22.4 Å². The summed E-state index contributed by atoms with van der Waals surface area (Å²) in [7, 11) is 1.61. The van der Waals surface area contributed by atoms with Gasteiger partial charge < -0.3 is 4.90 Å². The van der Waals surface area contributed by atoms with Gasteiger partial charge in [-0.1, -0.05) is 6.07 Å². The van der Waals surface area contributed by atoms with Crippen molar-refractivity contribution >= 4 is 5.91 Å². The summed E-state index contributed by atoms with van der Waals surface area (Å²) in [6.07, 6.45) is 3.47. The minimum Gasteiger partial charge on any atom is -0.330 e. The van der Waals surface area contributed by atoms with Gasteiger partial charge in [-0.2, -0.15) is 10.2 Å². The predicted molar refractivity (Wildman–Crippen MR) is 115 cm³/mol. The first kappa shape index (κ1) is 21.9. The molecule has 0 N–H and O–H groups in total. The van der Waals surface area contributed by atoms with Crippen molar-refractivity contribution in [1.82, 2.24) is 24.5 Å². The summed E-state index contributed by atoms with van der Waals surface area (Å²) in [5.74, 6) is -5.32. The number of aryl methyl sites for hydroxylation is 1. The van der Waals surface area contributed by atoms with E-state index in [1.165, 1.54) is 32.6 Å². The summed E-state index contributed by atoms with van der Waals surface area (Å²) in [6.45, 7) is 1.98. The molecule has 1 aliphatic rings. The van der Waals surface area contributed by atoms with E-state index in [4.69, 9.17) is 0 Å². The molecule has 1 amide bonds. The lowest BCUT2D eigenvalue weighted by Gasteiger charge is -2.33. The monoisotopic (exact) mass is 469 g/mol. The first-order valence-corrected chi connectivity index (χ1v) is 10.6. The van der Waals surface area contributed by atoms with Gasteiger partial charge in [0.2, 0.25) is 0 Å². The highest BCUT2D eigenvalue weighted by Gasteiger charge is 2.35. The molecule has 0 bridgehead atoms. The molecule has 0 unspecified atom stereocenters. The van der Waals surface area contributed by atoms with Crippen molar-refractivity contribution in [2.75, 3.05) is 6.54 Å². The highest BCUT2D eigenvalue weighted by atomic mass is 19.2. The maximum Gasteiger partial charge on any atom is 0.259 e. The molecule has 0 radical (unpaired) electrons. The lowest BCUT2D eigenvalue weighted by molar-refractivity contribution is 0.0668. The molecule has 0 saturated heterocycles. The second-order valence-corrected chi connectivity index (χ2v) is 8.10. The van der Waals surface area contributed by atoms with E-state index in [1.807, 2.05) is 0 Å². The van der Waals surface area contributed by atoms with E-state index in [1.54, 1.807) is 32.3 Å². The topological polar surface area (TPSA) is 56.0 Å².